The zero-order valence-electron chi connectivity index (χ0n) is 12.4. The second-order valence-electron chi connectivity index (χ2n) is 4.82. The molecule has 2 aromatic rings. The third-order valence-electron chi connectivity index (χ3n) is 3.36. The Morgan fingerprint density at radius 2 is 1.91 bits per heavy atom. The van der Waals surface area contributed by atoms with E-state index in [1.54, 1.807) is 31.4 Å². The zero-order chi connectivity index (χ0) is 16.2. The summed E-state index contributed by atoms with van der Waals surface area (Å²) in [7, 11) is 1.60. The maximum atomic E-state index is 12.3. The van der Waals surface area contributed by atoms with Crippen molar-refractivity contribution >= 4 is 11.9 Å². The van der Waals surface area contributed by atoms with Crippen LogP contribution in [0.5, 0.6) is 17.2 Å². The van der Waals surface area contributed by atoms with E-state index in [0.717, 1.165) is 11.3 Å². The summed E-state index contributed by atoms with van der Waals surface area (Å²) >= 11 is 0. The van der Waals surface area contributed by atoms with Crippen LogP contribution in [0.4, 0.5) is 0 Å². The highest BCUT2D eigenvalue weighted by atomic mass is 16.5. The molecule has 0 saturated heterocycles. The Bertz CT molecular complexity index is 816. The van der Waals surface area contributed by atoms with E-state index in [0.29, 0.717) is 17.1 Å². The summed E-state index contributed by atoms with van der Waals surface area (Å²) in [6.07, 6.45) is 1.68. The number of ether oxygens (including phenoxy) is 3. The van der Waals surface area contributed by atoms with Crippen molar-refractivity contribution in [2.75, 3.05) is 13.7 Å². The molecule has 5 nitrogen and oxygen atoms in total. The standard InChI is InChI=1S/C18H13NO4/c1-21-13-4-2-12(3-5-13)10-17-18(20)15-7-6-14(22-9-8-19)11-16(15)23-17/h2-7,10-11H,9H2,1H3/b17-10-. The van der Waals surface area contributed by atoms with Crippen molar-refractivity contribution in [1.29, 1.82) is 5.26 Å². The first-order valence-electron chi connectivity index (χ1n) is 6.93. The average Bonchev–Trinajstić information content (AvgIpc) is 2.89. The van der Waals surface area contributed by atoms with Gasteiger partial charge in [0.15, 0.2) is 12.4 Å². The Hall–Kier alpha value is -3.26. The van der Waals surface area contributed by atoms with Gasteiger partial charge in [0.2, 0.25) is 5.78 Å². The van der Waals surface area contributed by atoms with Crippen LogP contribution in [0.3, 0.4) is 0 Å². The van der Waals surface area contributed by atoms with Crippen molar-refractivity contribution in [1.82, 2.24) is 0 Å². The summed E-state index contributed by atoms with van der Waals surface area (Å²) in [6, 6.07) is 14.1. The number of Topliss-reactive ketones (excluding diaryl/α,β-unsaturated/α-hetero) is 1. The minimum atomic E-state index is -0.178. The third-order valence-corrected chi connectivity index (χ3v) is 3.36. The number of nitriles is 1. The van der Waals surface area contributed by atoms with E-state index in [1.807, 2.05) is 30.3 Å². The molecule has 2 aromatic carbocycles. The smallest absolute Gasteiger partial charge is 0.231 e. The van der Waals surface area contributed by atoms with Gasteiger partial charge in [-0.3, -0.25) is 4.79 Å². The fourth-order valence-electron chi connectivity index (χ4n) is 2.22. The molecule has 1 aliphatic rings. The molecule has 1 heterocycles. The van der Waals surface area contributed by atoms with Gasteiger partial charge in [-0.2, -0.15) is 5.26 Å². The topological polar surface area (TPSA) is 68.6 Å². The fraction of sp³-hybridized carbons (Fsp3) is 0.111. The molecule has 0 aliphatic carbocycles. The fourth-order valence-corrected chi connectivity index (χ4v) is 2.22. The largest absolute Gasteiger partial charge is 0.497 e. The Labute approximate surface area is 133 Å². The third kappa shape index (κ3) is 3.01. The van der Waals surface area contributed by atoms with Crippen molar-refractivity contribution < 1.29 is 19.0 Å². The SMILES string of the molecule is COc1ccc(/C=C2\Oc3cc(OCC#N)ccc3C2=O)cc1. The van der Waals surface area contributed by atoms with E-state index in [-0.39, 0.29) is 18.1 Å². The summed E-state index contributed by atoms with van der Waals surface area (Å²) in [5, 5.41) is 8.53. The number of fused-ring (bicyclic) bond motifs is 1. The van der Waals surface area contributed by atoms with E-state index in [4.69, 9.17) is 19.5 Å². The lowest BCUT2D eigenvalue weighted by Gasteiger charge is -2.03. The number of hydrogen-bond donors (Lipinski definition) is 0. The van der Waals surface area contributed by atoms with Gasteiger partial charge < -0.3 is 14.2 Å². The molecule has 0 amide bonds. The quantitative estimate of drug-likeness (QED) is 0.811. The van der Waals surface area contributed by atoms with Gasteiger partial charge in [0.05, 0.1) is 12.7 Å². The normalized spacial score (nSPS) is 14.1. The second-order valence-corrected chi connectivity index (χ2v) is 4.82. The maximum absolute atomic E-state index is 12.3. The first-order valence-corrected chi connectivity index (χ1v) is 6.93. The molecule has 0 saturated carbocycles. The van der Waals surface area contributed by atoms with Crippen molar-refractivity contribution in [3.8, 4) is 23.3 Å². The summed E-state index contributed by atoms with van der Waals surface area (Å²) < 4.78 is 15.9. The Morgan fingerprint density at radius 3 is 2.61 bits per heavy atom. The van der Waals surface area contributed by atoms with E-state index in [9.17, 15) is 4.79 Å². The summed E-state index contributed by atoms with van der Waals surface area (Å²) in [5.74, 6) is 1.74. The monoisotopic (exact) mass is 307 g/mol. The van der Waals surface area contributed by atoms with Crippen molar-refractivity contribution in [3.63, 3.8) is 0 Å². The van der Waals surface area contributed by atoms with Gasteiger partial charge in [-0.25, -0.2) is 0 Å². The van der Waals surface area contributed by atoms with Crippen LogP contribution in [0.2, 0.25) is 0 Å². The Kier molecular flexibility index (Phi) is 3.98. The predicted molar refractivity (Wildman–Crippen MR) is 83.5 cm³/mol. The highest BCUT2D eigenvalue weighted by Crippen LogP contribution is 2.34. The summed E-state index contributed by atoms with van der Waals surface area (Å²) in [5.41, 5.74) is 1.32. The van der Waals surface area contributed by atoms with Crippen LogP contribution in [0.15, 0.2) is 48.2 Å². The van der Waals surface area contributed by atoms with Crippen LogP contribution in [-0.2, 0) is 0 Å². The van der Waals surface area contributed by atoms with Crippen LogP contribution in [0.25, 0.3) is 6.08 Å². The van der Waals surface area contributed by atoms with Crippen LogP contribution in [0, 0.1) is 11.3 Å². The number of nitrogens with zero attached hydrogens (tertiary/aromatic N) is 1. The predicted octanol–water partition coefficient (Wildman–Crippen LogP) is 3.21. The number of rotatable bonds is 4. The van der Waals surface area contributed by atoms with Crippen LogP contribution in [-0.4, -0.2) is 19.5 Å². The number of ketones is 1. The van der Waals surface area contributed by atoms with Crippen LogP contribution < -0.4 is 14.2 Å². The van der Waals surface area contributed by atoms with Crippen LogP contribution in [0.1, 0.15) is 15.9 Å². The van der Waals surface area contributed by atoms with Gasteiger partial charge in [-0.05, 0) is 35.9 Å². The van der Waals surface area contributed by atoms with Gasteiger partial charge in [-0.1, -0.05) is 12.1 Å². The molecule has 5 heteroatoms. The van der Waals surface area contributed by atoms with Crippen molar-refractivity contribution in [2.24, 2.45) is 0 Å². The van der Waals surface area contributed by atoms with Gasteiger partial charge in [-0.15, -0.1) is 0 Å². The van der Waals surface area contributed by atoms with E-state index in [2.05, 4.69) is 0 Å². The lowest BCUT2D eigenvalue weighted by molar-refractivity contribution is 0.101. The average molecular weight is 307 g/mol. The van der Waals surface area contributed by atoms with Crippen LogP contribution >= 0.6 is 0 Å². The number of allylic oxidation sites excluding steroid dienone is 1. The maximum Gasteiger partial charge on any atom is 0.231 e. The lowest BCUT2D eigenvalue weighted by atomic mass is 10.1. The first kappa shape index (κ1) is 14.7. The molecule has 114 valence electrons. The summed E-state index contributed by atoms with van der Waals surface area (Å²) in [4.78, 5) is 12.3. The highest BCUT2D eigenvalue weighted by Gasteiger charge is 2.27. The molecular formula is C18H13NO4. The van der Waals surface area contributed by atoms with Crippen molar-refractivity contribution in [2.45, 2.75) is 0 Å². The molecule has 3 rings (SSSR count). The number of carbonyl (C=O) groups is 1. The summed E-state index contributed by atoms with van der Waals surface area (Å²) in [6.45, 7) is -0.0543. The van der Waals surface area contributed by atoms with Gasteiger partial charge in [0.25, 0.3) is 0 Å². The highest BCUT2D eigenvalue weighted by molar-refractivity contribution is 6.14. The van der Waals surface area contributed by atoms with E-state index < -0.39 is 0 Å². The number of hydrogen-bond acceptors (Lipinski definition) is 5. The molecule has 0 unspecified atom stereocenters. The van der Waals surface area contributed by atoms with Gasteiger partial charge >= 0.3 is 0 Å². The Morgan fingerprint density at radius 1 is 1.17 bits per heavy atom. The van der Waals surface area contributed by atoms with Gasteiger partial charge in [0, 0.05) is 6.07 Å². The molecule has 23 heavy (non-hydrogen) atoms. The first-order chi connectivity index (χ1) is 11.2. The Balaban J connectivity index is 1.84. The number of benzene rings is 2. The molecule has 0 fully saturated rings. The number of methoxy groups -OCH3 is 1. The molecule has 0 radical (unpaired) electrons. The second kappa shape index (κ2) is 6.24. The molecule has 0 bridgehead atoms. The van der Waals surface area contributed by atoms with E-state index >= 15 is 0 Å². The molecular weight excluding hydrogens is 294 g/mol. The minimum absolute atomic E-state index is 0.0543. The molecule has 0 N–H and O–H groups in total. The van der Waals surface area contributed by atoms with Gasteiger partial charge in [0.1, 0.15) is 23.3 Å². The number of carbonyl (C=O) groups excluding carboxylic acids is 1. The molecule has 1 aliphatic heterocycles. The molecule has 0 spiro atoms. The lowest BCUT2D eigenvalue weighted by Crippen LogP contribution is -1.98. The van der Waals surface area contributed by atoms with E-state index in [1.165, 1.54) is 0 Å². The molecule has 0 atom stereocenters. The minimum Gasteiger partial charge on any atom is -0.497 e. The zero-order valence-corrected chi connectivity index (χ0v) is 12.4. The van der Waals surface area contributed by atoms with Crippen molar-refractivity contribution in [3.05, 3.63) is 59.4 Å². The molecule has 0 aromatic heterocycles.